The fraction of sp³-hybridized carbons (Fsp3) is 0.435. The highest BCUT2D eigenvalue weighted by Crippen LogP contribution is 2.41. The van der Waals surface area contributed by atoms with Crippen molar-refractivity contribution in [3.05, 3.63) is 71.8 Å². The second-order valence-corrected chi connectivity index (χ2v) is 8.22. The Hall–Kier alpha value is -2.40. The van der Waals surface area contributed by atoms with Gasteiger partial charge in [-0.2, -0.15) is 0 Å². The molecular weight excluding hydrogens is 353 g/mol. The van der Waals surface area contributed by atoms with Gasteiger partial charge in [-0.25, -0.2) is 9.18 Å². The third kappa shape index (κ3) is 4.36. The number of nitrogens with two attached hydrogens (primary N) is 1. The number of halogens is 1. The second kappa shape index (κ2) is 7.92. The van der Waals surface area contributed by atoms with Crippen molar-refractivity contribution in [2.24, 2.45) is 5.73 Å². The average molecular weight is 381 g/mol. The van der Waals surface area contributed by atoms with Crippen LogP contribution in [0.2, 0.25) is 0 Å². The largest absolute Gasteiger partial charge is 0.351 e. The third-order valence-electron chi connectivity index (χ3n) is 6.14. The van der Waals surface area contributed by atoms with E-state index in [0.717, 1.165) is 12.0 Å². The summed E-state index contributed by atoms with van der Waals surface area (Å²) < 4.78 is 15.6. The summed E-state index contributed by atoms with van der Waals surface area (Å²) in [6.45, 7) is 0.705. The normalized spacial score (nSPS) is 29.5. The van der Waals surface area contributed by atoms with Crippen LogP contribution in [0.25, 0.3) is 0 Å². The summed E-state index contributed by atoms with van der Waals surface area (Å²) in [5, 5.41) is 3.43. The number of rotatable bonds is 6. The highest BCUT2D eigenvalue weighted by molar-refractivity contribution is 5.72. The molecule has 5 heteroatoms. The number of primary amides is 1. The van der Waals surface area contributed by atoms with Crippen LogP contribution < -0.4 is 11.1 Å². The molecule has 0 bridgehead atoms. The van der Waals surface area contributed by atoms with E-state index < -0.39 is 11.7 Å². The smallest absolute Gasteiger partial charge is 0.315 e. The van der Waals surface area contributed by atoms with E-state index in [4.69, 9.17) is 5.73 Å². The predicted molar refractivity (Wildman–Crippen MR) is 109 cm³/mol. The number of nitrogens with zero attached hydrogens (tertiary/aromatic N) is 1. The number of alkyl halides is 1. The van der Waals surface area contributed by atoms with Crippen molar-refractivity contribution < 1.29 is 9.18 Å². The lowest BCUT2D eigenvalue weighted by Gasteiger charge is -2.42. The molecule has 1 aliphatic heterocycles. The SMILES string of the molecule is NC(=O)N1CCC(F)(CN[C@@H]2C[C@H]2c2ccccc2)CC1Cc1ccccc1. The van der Waals surface area contributed by atoms with Crippen LogP contribution in [-0.2, 0) is 6.42 Å². The number of piperidine rings is 1. The maximum absolute atomic E-state index is 15.6. The Balaban J connectivity index is 1.37. The van der Waals surface area contributed by atoms with E-state index in [2.05, 4.69) is 29.6 Å². The highest BCUT2D eigenvalue weighted by Gasteiger charge is 2.44. The molecule has 1 saturated carbocycles. The molecular formula is C23H28FN3O. The van der Waals surface area contributed by atoms with Gasteiger partial charge < -0.3 is 16.0 Å². The minimum absolute atomic E-state index is 0.204. The zero-order chi connectivity index (χ0) is 19.6. The number of urea groups is 1. The van der Waals surface area contributed by atoms with Crippen LogP contribution in [0.5, 0.6) is 0 Å². The van der Waals surface area contributed by atoms with E-state index in [9.17, 15) is 4.79 Å². The van der Waals surface area contributed by atoms with Crippen LogP contribution in [0.3, 0.4) is 0 Å². The molecule has 0 radical (unpaired) electrons. The molecule has 2 fully saturated rings. The molecule has 2 unspecified atom stereocenters. The van der Waals surface area contributed by atoms with Gasteiger partial charge >= 0.3 is 6.03 Å². The Kier molecular flexibility index (Phi) is 5.36. The Morgan fingerprint density at radius 1 is 1.14 bits per heavy atom. The van der Waals surface area contributed by atoms with Gasteiger partial charge in [-0.05, 0) is 24.0 Å². The zero-order valence-electron chi connectivity index (χ0n) is 16.1. The van der Waals surface area contributed by atoms with Crippen LogP contribution in [0.15, 0.2) is 60.7 Å². The lowest BCUT2D eigenvalue weighted by molar-refractivity contribution is 0.0375. The summed E-state index contributed by atoms with van der Waals surface area (Å²) in [6, 6.07) is 20.0. The molecule has 4 rings (SSSR count). The lowest BCUT2D eigenvalue weighted by atomic mass is 9.85. The number of carbonyl (C=O) groups excluding carboxylic acids is 1. The molecule has 4 nitrogen and oxygen atoms in total. The molecule has 0 aromatic heterocycles. The van der Waals surface area contributed by atoms with E-state index in [1.807, 2.05) is 36.4 Å². The van der Waals surface area contributed by atoms with Crippen molar-refractivity contribution in [2.45, 2.75) is 49.4 Å². The molecule has 1 saturated heterocycles. The first-order chi connectivity index (χ1) is 13.5. The second-order valence-electron chi connectivity index (χ2n) is 8.22. The number of hydrogen-bond donors (Lipinski definition) is 2. The molecule has 4 atom stereocenters. The summed E-state index contributed by atoms with van der Waals surface area (Å²) in [5.41, 5.74) is 6.67. The maximum atomic E-state index is 15.6. The average Bonchev–Trinajstić information content (AvgIpc) is 3.48. The van der Waals surface area contributed by atoms with Gasteiger partial charge in [0.2, 0.25) is 0 Å². The number of likely N-dealkylation sites (tertiary alicyclic amines) is 1. The number of nitrogens with one attached hydrogen (secondary N) is 1. The molecule has 2 amide bonds. The van der Waals surface area contributed by atoms with Gasteiger partial charge in [-0.1, -0.05) is 60.7 Å². The predicted octanol–water partition coefficient (Wildman–Crippen LogP) is 3.63. The molecule has 28 heavy (non-hydrogen) atoms. The van der Waals surface area contributed by atoms with Crippen molar-refractivity contribution in [2.75, 3.05) is 13.1 Å². The van der Waals surface area contributed by atoms with Crippen LogP contribution in [0.1, 0.15) is 36.3 Å². The molecule has 148 valence electrons. The quantitative estimate of drug-likeness (QED) is 0.803. The van der Waals surface area contributed by atoms with Crippen molar-refractivity contribution >= 4 is 6.03 Å². The van der Waals surface area contributed by atoms with Gasteiger partial charge in [0.25, 0.3) is 0 Å². The lowest BCUT2D eigenvalue weighted by Crippen LogP contribution is -2.56. The first-order valence-electron chi connectivity index (χ1n) is 10.1. The molecule has 2 aromatic rings. The van der Waals surface area contributed by atoms with Crippen LogP contribution in [0, 0.1) is 0 Å². The van der Waals surface area contributed by atoms with Gasteiger partial charge in [0.15, 0.2) is 0 Å². The van der Waals surface area contributed by atoms with E-state index in [1.165, 1.54) is 5.56 Å². The monoisotopic (exact) mass is 381 g/mol. The summed E-state index contributed by atoms with van der Waals surface area (Å²) >= 11 is 0. The van der Waals surface area contributed by atoms with Crippen LogP contribution in [0.4, 0.5) is 9.18 Å². The van der Waals surface area contributed by atoms with Crippen molar-refractivity contribution in [1.29, 1.82) is 0 Å². The Labute approximate surface area is 165 Å². The van der Waals surface area contributed by atoms with Crippen molar-refractivity contribution in [3.63, 3.8) is 0 Å². The minimum Gasteiger partial charge on any atom is -0.351 e. The fourth-order valence-corrected chi connectivity index (χ4v) is 4.46. The molecule has 0 spiro atoms. The Bertz CT molecular complexity index is 800. The van der Waals surface area contributed by atoms with E-state index in [0.29, 0.717) is 44.3 Å². The van der Waals surface area contributed by atoms with Crippen LogP contribution in [-0.4, -0.2) is 41.8 Å². The van der Waals surface area contributed by atoms with Crippen molar-refractivity contribution in [3.8, 4) is 0 Å². The molecule has 2 aromatic carbocycles. The first kappa shape index (κ1) is 18.9. The topological polar surface area (TPSA) is 58.4 Å². The summed E-state index contributed by atoms with van der Waals surface area (Å²) in [7, 11) is 0. The number of carbonyl (C=O) groups is 1. The van der Waals surface area contributed by atoms with Gasteiger partial charge in [0.05, 0.1) is 0 Å². The Morgan fingerprint density at radius 2 is 1.82 bits per heavy atom. The third-order valence-corrected chi connectivity index (χ3v) is 6.14. The van der Waals surface area contributed by atoms with Gasteiger partial charge in [-0.15, -0.1) is 0 Å². The number of benzene rings is 2. The van der Waals surface area contributed by atoms with E-state index in [1.54, 1.807) is 4.90 Å². The van der Waals surface area contributed by atoms with Crippen LogP contribution >= 0.6 is 0 Å². The summed E-state index contributed by atoms with van der Waals surface area (Å²) in [6.07, 6.45) is 2.34. The summed E-state index contributed by atoms with van der Waals surface area (Å²) in [4.78, 5) is 13.5. The first-order valence-corrected chi connectivity index (χ1v) is 10.1. The molecule has 1 aliphatic carbocycles. The summed E-state index contributed by atoms with van der Waals surface area (Å²) in [5.74, 6) is 0.482. The minimum atomic E-state index is -1.31. The van der Waals surface area contributed by atoms with Gasteiger partial charge in [0.1, 0.15) is 5.67 Å². The van der Waals surface area contributed by atoms with Crippen molar-refractivity contribution in [1.82, 2.24) is 10.2 Å². The van der Waals surface area contributed by atoms with Gasteiger partial charge in [0, 0.05) is 43.9 Å². The fourth-order valence-electron chi connectivity index (χ4n) is 4.46. The number of hydrogen-bond acceptors (Lipinski definition) is 2. The highest BCUT2D eigenvalue weighted by atomic mass is 19.1. The maximum Gasteiger partial charge on any atom is 0.315 e. The zero-order valence-corrected chi connectivity index (χ0v) is 16.1. The molecule has 1 heterocycles. The molecule has 3 N–H and O–H groups in total. The Morgan fingerprint density at radius 3 is 2.50 bits per heavy atom. The van der Waals surface area contributed by atoms with E-state index >= 15 is 4.39 Å². The standard InChI is InChI=1S/C23H28FN3O/c24-23(16-26-21-14-20(21)18-9-5-2-6-10-18)11-12-27(22(25)28)19(15-23)13-17-7-3-1-4-8-17/h1-10,19-21,26H,11-16H2,(H2,25,28)/t19?,20-,21+,23?/m0/s1. The molecule has 2 aliphatic rings. The van der Waals surface area contributed by atoms with Gasteiger partial charge in [-0.3, -0.25) is 0 Å². The number of amides is 2. The van der Waals surface area contributed by atoms with E-state index in [-0.39, 0.29) is 6.04 Å².